The van der Waals surface area contributed by atoms with Gasteiger partial charge in [0.1, 0.15) is 0 Å². The number of hydrogen-bond donors (Lipinski definition) is 1. The number of carbonyl (C=O) groups excluding carboxylic acids is 1. The van der Waals surface area contributed by atoms with Crippen molar-refractivity contribution in [2.75, 3.05) is 26.0 Å². The summed E-state index contributed by atoms with van der Waals surface area (Å²) in [7, 11) is 1.65. The molecule has 0 unspecified atom stereocenters. The second-order valence-corrected chi connectivity index (χ2v) is 8.91. The normalized spacial score (nSPS) is 20.8. The quantitative estimate of drug-likeness (QED) is 0.699. The molecule has 1 fully saturated rings. The van der Waals surface area contributed by atoms with Gasteiger partial charge in [0.2, 0.25) is 5.91 Å². The maximum atomic E-state index is 11.9. The van der Waals surface area contributed by atoms with Crippen molar-refractivity contribution in [2.45, 2.75) is 54.9 Å². The number of hydrogen-bond acceptors (Lipinski definition) is 4. The van der Waals surface area contributed by atoms with E-state index in [0.717, 1.165) is 0 Å². The lowest BCUT2D eigenvalue weighted by Gasteiger charge is -2.31. The molecule has 0 bridgehead atoms. The van der Waals surface area contributed by atoms with Crippen molar-refractivity contribution in [1.29, 1.82) is 0 Å². The Labute approximate surface area is 154 Å². The van der Waals surface area contributed by atoms with E-state index in [1.54, 1.807) is 7.11 Å². The predicted molar refractivity (Wildman–Crippen MR) is 105 cm³/mol. The number of benzene rings is 1. The summed E-state index contributed by atoms with van der Waals surface area (Å²) in [5.74, 6) is 0.677. The molecule has 0 radical (unpaired) electrons. The number of methoxy groups -OCH3 is 1. The highest BCUT2D eigenvalue weighted by Gasteiger charge is 2.27. The summed E-state index contributed by atoms with van der Waals surface area (Å²) >= 11 is 3.83. The third-order valence-corrected chi connectivity index (χ3v) is 7.48. The Balaban J connectivity index is 1.87. The first-order valence-electron chi connectivity index (χ1n) is 8.71. The van der Waals surface area contributed by atoms with Crippen molar-refractivity contribution < 1.29 is 9.53 Å². The number of nitrogens with one attached hydrogen (secondary N) is 1. The maximum absolute atomic E-state index is 11.9. The van der Waals surface area contributed by atoms with Crippen molar-refractivity contribution >= 4 is 29.4 Å². The molecule has 134 valence electrons. The van der Waals surface area contributed by atoms with Gasteiger partial charge in [0.25, 0.3) is 0 Å². The molecular weight excluding hydrogens is 338 g/mol. The fourth-order valence-electron chi connectivity index (χ4n) is 3.01. The zero-order valence-corrected chi connectivity index (χ0v) is 16.6. The summed E-state index contributed by atoms with van der Waals surface area (Å²) in [6.07, 6.45) is 5.06. The summed E-state index contributed by atoms with van der Waals surface area (Å²) < 4.78 is 4.96. The number of amides is 1. The van der Waals surface area contributed by atoms with Gasteiger partial charge in [-0.15, -0.1) is 23.5 Å². The lowest BCUT2D eigenvalue weighted by Crippen LogP contribution is -2.31. The summed E-state index contributed by atoms with van der Waals surface area (Å²) in [5.41, 5.74) is 2.69. The Hall–Kier alpha value is -0.650. The SMILES string of the molecule is COCCNC(=O)CS[C@@H]1CCCC[C@H]1Sc1ccc(C)cc1C. The average molecular weight is 368 g/mol. The largest absolute Gasteiger partial charge is 0.383 e. The van der Waals surface area contributed by atoms with E-state index in [9.17, 15) is 4.79 Å². The molecule has 1 N–H and O–H groups in total. The molecule has 2 atom stereocenters. The zero-order valence-electron chi connectivity index (χ0n) is 15.0. The van der Waals surface area contributed by atoms with E-state index in [4.69, 9.17) is 4.74 Å². The summed E-state index contributed by atoms with van der Waals surface area (Å²) in [6.45, 7) is 5.51. The van der Waals surface area contributed by atoms with E-state index in [-0.39, 0.29) is 5.91 Å². The van der Waals surface area contributed by atoms with E-state index in [0.29, 0.717) is 29.4 Å². The third-order valence-electron chi connectivity index (χ3n) is 4.31. The number of thioether (sulfide) groups is 2. The van der Waals surface area contributed by atoms with E-state index < -0.39 is 0 Å². The standard InChI is InChI=1S/C19H29NO2S2/c1-14-8-9-16(15(2)12-14)24-18-7-5-4-6-17(18)23-13-19(21)20-10-11-22-3/h8-9,12,17-18H,4-7,10-11,13H2,1-3H3,(H,20,21)/t17-,18-/m1/s1. The van der Waals surface area contributed by atoms with Gasteiger partial charge in [0.05, 0.1) is 12.4 Å². The van der Waals surface area contributed by atoms with Crippen LogP contribution < -0.4 is 5.32 Å². The molecule has 1 aliphatic carbocycles. The molecule has 0 aromatic heterocycles. The topological polar surface area (TPSA) is 38.3 Å². The Morgan fingerprint density at radius 3 is 2.71 bits per heavy atom. The van der Waals surface area contributed by atoms with Crippen molar-refractivity contribution in [3.63, 3.8) is 0 Å². The number of rotatable bonds is 8. The molecule has 0 heterocycles. The van der Waals surface area contributed by atoms with Crippen LogP contribution in [0.15, 0.2) is 23.1 Å². The van der Waals surface area contributed by atoms with Crippen LogP contribution in [0.4, 0.5) is 0 Å². The van der Waals surface area contributed by atoms with Gasteiger partial charge in [0, 0.05) is 29.0 Å². The van der Waals surface area contributed by atoms with Crippen molar-refractivity contribution in [3.05, 3.63) is 29.3 Å². The van der Waals surface area contributed by atoms with Crippen molar-refractivity contribution in [2.24, 2.45) is 0 Å². The maximum Gasteiger partial charge on any atom is 0.230 e. The van der Waals surface area contributed by atoms with Gasteiger partial charge < -0.3 is 10.1 Å². The van der Waals surface area contributed by atoms with E-state index in [1.807, 2.05) is 23.5 Å². The molecule has 2 rings (SSSR count). The molecule has 0 saturated heterocycles. The Morgan fingerprint density at radius 2 is 2.00 bits per heavy atom. The molecule has 3 nitrogen and oxygen atoms in total. The fourth-order valence-corrected chi connectivity index (χ4v) is 5.85. The van der Waals surface area contributed by atoms with Crippen LogP contribution in [0.1, 0.15) is 36.8 Å². The number of ether oxygens (including phenoxy) is 1. The second kappa shape index (κ2) is 10.4. The van der Waals surface area contributed by atoms with Gasteiger partial charge >= 0.3 is 0 Å². The lowest BCUT2D eigenvalue weighted by molar-refractivity contribution is -0.118. The van der Waals surface area contributed by atoms with Crippen LogP contribution >= 0.6 is 23.5 Å². The van der Waals surface area contributed by atoms with Crippen LogP contribution in [0.5, 0.6) is 0 Å². The third kappa shape index (κ3) is 6.34. The minimum absolute atomic E-state index is 0.123. The van der Waals surface area contributed by atoms with E-state index >= 15 is 0 Å². The molecule has 1 aromatic carbocycles. The first kappa shape index (κ1) is 19.7. The van der Waals surface area contributed by atoms with Gasteiger partial charge in [-0.3, -0.25) is 4.79 Å². The molecule has 24 heavy (non-hydrogen) atoms. The molecule has 5 heteroatoms. The molecule has 1 amide bonds. The average Bonchev–Trinajstić information content (AvgIpc) is 2.57. The highest BCUT2D eigenvalue weighted by molar-refractivity contribution is 8.04. The first-order chi connectivity index (χ1) is 11.6. The van der Waals surface area contributed by atoms with Gasteiger partial charge in [-0.25, -0.2) is 0 Å². The van der Waals surface area contributed by atoms with Crippen LogP contribution in [0.25, 0.3) is 0 Å². The molecule has 1 saturated carbocycles. The highest BCUT2D eigenvalue weighted by atomic mass is 32.2. The number of carbonyl (C=O) groups is 1. The summed E-state index contributed by atoms with van der Waals surface area (Å²) in [6, 6.07) is 6.71. The minimum Gasteiger partial charge on any atom is -0.383 e. The molecule has 0 aliphatic heterocycles. The minimum atomic E-state index is 0.123. The Kier molecular flexibility index (Phi) is 8.50. The fraction of sp³-hybridized carbons (Fsp3) is 0.632. The van der Waals surface area contributed by atoms with Gasteiger partial charge in [-0.05, 0) is 38.3 Å². The lowest BCUT2D eigenvalue weighted by atomic mass is 10.00. The van der Waals surface area contributed by atoms with Crippen molar-refractivity contribution in [1.82, 2.24) is 5.32 Å². The van der Waals surface area contributed by atoms with Crippen molar-refractivity contribution in [3.8, 4) is 0 Å². The van der Waals surface area contributed by atoms with Crippen LogP contribution in [0, 0.1) is 13.8 Å². The van der Waals surface area contributed by atoms with Crippen LogP contribution in [-0.4, -0.2) is 42.4 Å². The number of aryl methyl sites for hydroxylation is 2. The van der Waals surface area contributed by atoms with Crippen LogP contribution in [0.3, 0.4) is 0 Å². The van der Waals surface area contributed by atoms with E-state index in [2.05, 4.69) is 37.4 Å². The second-order valence-electron chi connectivity index (χ2n) is 6.40. The molecule has 1 aromatic rings. The van der Waals surface area contributed by atoms with Crippen LogP contribution in [-0.2, 0) is 9.53 Å². The van der Waals surface area contributed by atoms with Crippen LogP contribution in [0.2, 0.25) is 0 Å². The van der Waals surface area contributed by atoms with E-state index in [1.165, 1.54) is 41.7 Å². The first-order valence-corrected chi connectivity index (χ1v) is 10.6. The Bertz CT molecular complexity index is 536. The molecule has 1 aliphatic rings. The van der Waals surface area contributed by atoms with Gasteiger partial charge in [0.15, 0.2) is 0 Å². The molecular formula is C19H29NO2S2. The van der Waals surface area contributed by atoms with Gasteiger partial charge in [-0.1, -0.05) is 30.5 Å². The monoisotopic (exact) mass is 367 g/mol. The highest BCUT2D eigenvalue weighted by Crippen LogP contribution is 2.40. The molecule has 0 spiro atoms. The summed E-state index contributed by atoms with van der Waals surface area (Å²) in [4.78, 5) is 13.3. The predicted octanol–water partition coefficient (Wildman–Crippen LogP) is 4.20. The van der Waals surface area contributed by atoms with Gasteiger partial charge in [-0.2, -0.15) is 0 Å². The Morgan fingerprint density at radius 1 is 1.25 bits per heavy atom. The smallest absolute Gasteiger partial charge is 0.230 e. The zero-order chi connectivity index (χ0) is 17.4. The summed E-state index contributed by atoms with van der Waals surface area (Å²) in [5, 5.41) is 4.09.